The number of thioether (sulfide) groups is 1. The van der Waals surface area contributed by atoms with Gasteiger partial charge in [-0.25, -0.2) is 0 Å². The molecule has 0 aliphatic carbocycles. The van der Waals surface area contributed by atoms with Gasteiger partial charge in [-0.15, -0.1) is 10.2 Å². The molecule has 9 heteroatoms. The van der Waals surface area contributed by atoms with E-state index in [1.807, 2.05) is 67.8 Å². The van der Waals surface area contributed by atoms with Gasteiger partial charge in [0.1, 0.15) is 5.78 Å². The summed E-state index contributed by atoms with van der Waals surface area (Å²) in [6, 6.07) is 13.4. The van der Waals surface area contributed by atoms with Gasteiger partial charge in [-0.2, -0.15) is 0 Å². The molecule has 1 fully saturated rings. The minimum atomic E-state index is 0.116. The number of anilines is 2. The molecular weight excluding hydrogens is 470 g/mol. The molecule has 1 aliphatic heterocycles. The Hall–Kier alpha value is -2.55. The molecule has 2 aromatic carbocycles. The van der Waals surface area contributed by atoms with Gasteiger partial charge in [0.05, 0.1) is 29.7 Å². The average molecular weight is 502 g/mol. The number of nitrogens with two attached hydrogens (primary N) is 1. The van der Waals surface area contributed by atoms with E-state index in [0.717, 1.165) is 40.9 Å². The summed E-state index contributed by atoms with van der Waals surface area (Å²) < 4.78 is 7.41. The average Bonchev–Trinajstić information content (AvgIpc) is 3.28. The molecule has 3 aromatic rings. The van der Waals surface area contributed by atoms with E-state index in [1.54, 1.807) is 0 Å². The number of hydrogen-bond acceptors (Lipinski definition) is 7. The summed E-state index contributed by atoms with van der Waals surface area (Å²) in [6.07, 6.45) is 0.335. The van der Waals surface area contributed by atoms with Crippen molar-refractivity contribution in [3.8, 4) is 11.4 Å². The molecule has 182 valence electrons. The monoisotopic (exact) mass is 501 g/mol. The van der Waals surface area contributed by atoms with Crippen molar-refractivity contribution >= 4 is 40.5 Å². The topological polar surface area (TPSA) is 86.3 Å². The van der Waals surface area contributed by atoms with Crippen LogP contribution in [0.3, 0.4) is 0 Å². The molecular formula is C25H32ClN5O2S. The highest BCUT2D eigenvalue weighted by Crippen LogP contribution is 2.29. The molecule has 0 radical (unpaired) electrons. The summed E-state index contributed by atoms with van der Waals surface area (Å²) in [5.74, 6) is 1.21. The molecule has 7 nitrogen and oxygen atoms in total. The van der Waals surface area contributed by atoms with Crippen molar-refractivity contribution in [2.45, 2.75) is 38.9 Å². The SMILES string of the molecule is CC.CCn1c(SCC(=O)Cc2ccc(N3CCOCC3)c(Cl)c2)nnc1-c1ccc(N)cc1. The highest BCUT2D eigenvalue weighted by atomic mass is 35.5. The van der Waals surface area contributed by atoms with Crippen LogP contribution in [0.5, 0.6) is 0 Å². The van der Waals surface area contributed by atoms with Crippen LogP contribution in [0.15, 0.2) is 47.6 Å². The fourth-order valence-electron chi connectivity index (χ4n) is 3.67. The van der Waals surface area contributed by atoms with Gasteiger partial charge in [0, 0.05) is 37.3 Å². The first kappa shape index (κ1) is 26.1. The highest BCUT2D eigenvalue weighted by Gasteiger charge is 2.17. The number of carbonyl (C=O) groups excluding carboxylic acids is 1. The number of ketones is 1. The molecule has 0 amide bonds. The predicted octanol–water partition coefficient (Wildman–Crippen LogP) is 4.97. The molecule has 0 spiro atoms. The lowest BCUT2D eigenvalue weighted by Crippen LogP contribution is -2.36. The maximum Gasteiger partial charge on any atom is 0.191 e. The van der Waals surface area contributed by atoms with Crippen LogP contribution in [0.1, 0.15) is 26.3 Å². The minimum absolute atomic E-state index is 0.116. The van der Waals surface area contributed by atoms with Crippen molar-refractivity contribution in [3.05, 3.63) is 53.1 Å². The summed E-state index contributed by atoms with van der Waals surface area (Å²) in [5, 5.41) is 10.0. The maximum atomic E-state index is 12.6. The molecule has 2 heterocycles. The van der Waals surface area contributed by atoms with E-state index in [2.05, 4.69) is 15.1 Å². The largest absolute Gasteiger partial charge is 0.399 e. The zero-order chi connectivity index (χ0) is 24.5. The number of morpholine rings is 1. The second-order valence-electron chi connectivity index (χ2n) is 7.56. The van der Waals surface area contributed by atoms with E-state index in [1.165, 1.54) is 11.8 Å². The van der Waals surface area contributed by atoms with Crippen molar-refractivity contribution in [2.75, 3.05) is 42.7 Å². The lowest BCUT2D eigenvalue weighted by Gasteiger charge is -2.29. The van der Waals surface area contributed by atoms with E-state index in [4.69, 9.17) is 22.1 Å². The first-order valence-electron chi connectivity index (χ1n) is 11.6. The Kier molecular flexibility index (Phi) is 9.80. The lowest BCUT2D eigenvalue weighted by atomic mass is 10.1. The quantitative estimate of drug-likeness (QED) is 0.344. The minimum Gasteiger partial charge on any atom is -0.399 e. The molecule has 34 heavy (non-hydrogen) atoms. The van der Waals surface area contributed by atoms with Crippen LogP contribution in [-0.2, 0) is 22.5 Å². The van der Waals surface area contributed by atoms with Crippen LogP contribution in [-0.4, -0.2) is 52.6 Å². The number of ether oxygens (including phenoxy) is 1. The third-order valence-corrected chi connectivity index (χ3v) is 6.66. The van der Waals surface area contributed by atoms with Crippen LogP contribution in [0.25, 0.3) is 11.4 Å². The summed E-state index contributed by atoms with van der Waals surface area (Å²) in [5.41, 5.74) is 9.34. The Balaban J connectivity index is 0.00000158. The van der Waals surface area contributed by atoms with E-state index < -0.39 is 0 Å². The van der Waals surface area contributed by atoms with E-state index in [9.17, 15) is 4.79 Å². The Morgan fingerprint density at radius 1 is 1.12 bits per heavy atom. The van der Waals surface area contributed by atoms with Gasteiger partial charge in [0.25, 0.3) is 0 Å². The number of hydrogen-bond donors (Lipinski definition) is 1. The first-order chi connectivity index (χ1) is 16.5. The van der Waals surface area contributed by atoms with E-state index in [-0.39, 0.29) is 5.78 Å². The second kappa shape index (κ2) is 12.8. The van der Waals surface area contributed by atoms with Crippen molar-refractivity contribution in [2.24, 2.45) is 0 Å². The van der Waals surface area contributed by atoms with Crippen LogP contribution in [0.2, 0.25) is 5.02 Å². The first-order valence-corrected chi connectivity index (χ1v) is 13.0. The summed E-state index contributed by atoms with van der Waals surface area (Å²) in [7, 11) is 0. The van der Waals surface area contributed by atoms with E-state index in [0.29, 0.717) is 42.6 Å². The molecule has 2 N–H and O–H groups in total. The number of halogens is 1. The number of rotatable bonds is 8. The highest BCUT2D eigenvalue weighted by molar-refractivity contribution is 7.99. The van der Waals surface area contributed by atoms with Gasteiger partial charge in [0.15, 0.2) is 11.0 Å². The molecule has 1 saturated heterocycles. The smallest absolute Gasteiger partial charge is 0.191 e. The number of benzene rings is 2. The van der Waals surface area contributed by atoms with Gasteiger partial charge in [-0.1, -0.05) is 43.3 Å². The Morgan fingerprint density at radius 3 is 2.47 bits per heavy atom. The number of nitrogen functional groups attached to an aromatic ring is 1. The molecule has 1 aromatic heterocycles. The zero-order valence-electron chi connectivity index (χ0n) is 20.0. The number of aromatic nitrogens is 3. The molecule has 1 aliphatic rings. The second-order valence-corrected chi connectivity index (χ2v) is 8.91. The zero-order valence-corrected chi connectivity index (χ0v) is 21.5. The maximum absolute atomic E-state index is 12.6. The van der Waals surface area contributed by atoms with Gasteiger partial charge in [0.2, 0.25) is 0 Å². The fourth-order valence-corrected chi connectivity index (χ4v) is 4.86. The van der Waals surface area contributed by atoms with Gasteiger partial charge in [-0.05, 0) is 48.9 Å². The summed E-state index contributed by atoms with van der Waals surface area (Å²) in [4.78, 5) is 14.8. The molecule has 0 unspecified atom stereocenters. The van der Waals surface area contributed by atoms with Crippen LogP contribution in [0, 0.1) is 0 Å². The Labute approximate surface area is 210 Å². The van der Waals surface area contributed by atoms with E-state index >= 15 is 0 Å². The fraction of sp³-hybridized carbons (Fsp3) is 0.400. The number of carbonyl (C=O) groups is 1. The summed E-state index contributed by atoms with van der Waals surface area (Å²) in [6.45, 7) is 9.80. The predicted molar refractivity (Wildman–Crippen MR) is 141 cm³/mol. The molecule has 0 bridgehead atoms. The Bertz CT molecular complexity index is 1080. The van der Waals surface area contributed by atoms with Gasteiger partial charge in [-0.3, -0.25) is 4.79 Å². The lowest BCUT2D eigenvalue weighted by molar-refractivity contribution is -0.116. The van der Waals surface area contributed by atoms with Crippen LogP contribution >= 0.6 is 23.4 Å². The molecule has 0 saturated carbocycles. The standard InChI is InChI=1S/C23H26ClN5O2S.C2H6/c1-2-29-22(17-4-6-18(25)7-5-17)26-27-23(29)32-15-19(30)13-16-3-8-21(20(24)14-16)28-9-11-31-12-10-28;1-2/h3-8,14H,2,9-13,15,25H2,1H3;1-2H3. The van der Waals surface area contributed by atoms with Crippen molar-refractivity contribution in [3.63, 3.8) is 0 Å². The summed E-state index contributed by atoms with van der Waals surface area (Å²) >= 11 is 7.91. The molecule has 0 atom stereocenters. The third-order valence-electron chi connectivity index (χ3n) is 5.33. The number of nitrogens with zero attached hydrogens (tertiary/aromatic N) is 4. The Morgan fingerprint density at radius 2 is 1.82 bits per heavy atom. The van der Waals surface area contributed by atoms with Crippen LogP contribution in [0.4, 0.5) is 11.4 Å². The van der Waals surface area contributed by atoms with Crippen molar-refractivity contribution in [1.82, 2.24) is 14.8 Å². The van der Waals surface area contributed by atoms with Gasteiger partial charge >= 0.3 is 0 Å². The normalized spacial score (nSPS) is 13.4. The third kappa shape index (κ3) is 6.52. The van der Waals surface area contributed by atoms with Crippen molar-refractivity contribution < 1.29 is 9.53 Å². The van der Waals surface area contributed by atoms with Crippen LogP contribution < -0.4 is 10.6 Å². The van der Waals surface area contributed by atoms with Crippen molar-refractivity contribution in [1.29, 1.82) is 0 Å². The van der Waals surface area contributed by atoms with Gasteiger partial charge < -0.3 is 19.9 Å². The molecule has 4 rings (SSSR count). The number of Topliss-reactive ketones (excluding diaryl/α,β-unsaturated/α-hetero) is 1.